The Morgan fingerprint density at radius 2 is 1.09 bits per heavy atom. The molecule has 6 aliphatic heterocycles. The molecule has 0 saturated carbocycles. The molecule has 7 heterocycles. The van der Waals surface area contributed by atoms with E-state index in [2.05, 4.69) is 62.9 Å². The zero-order chi connectivity index (χ0) is 67.2. The summed E-state index contributed by atoms with van der Waals surface area (Å²) < 4.78 is 57.0. The first kappa shape index (κ1) is 67.6. The van der Waals surface area contributed by atoms with Crippen LogP contribution in [0.4, 0.5) is 0 Å². The van der Waals surface area contributed by atoms with Crippen molar-refractivity contribution in [1.29, 1.82) is 0 Å². The number of benzene rings is 7. The van der Waals surface area contributed by atoms with E-state index in [4.69, 9.17) is 63.8 Å². The first-order valence-corrected chi connectivity index (χ1v) is 35.1. The second-order valence-corrected chi connectivity index (χ2v) is 29.6. The molecule has 96 heavy (non-hydrogen) atoms. The first-order valence-electron chi connectivity index (χ1n) is 32.9. The van der Waals surface area contributed by atoms with Crippen LogP contribution in [0.2, 0.25) is 10.0 Å². The molecule has 8 aromatic rings. The number of ether oxygens (including phenoxy) is 4. The highest BCUT2D eigenvalue weighted by molar-refractivity contribution is 7.89. The number of carbonyl (C=O) groups excluding carboxylic acids is 2. The Labute approximate surface area is 573 Å². The van der Waals surface area contributed by atoms with Crippen LogP contribution in [0.5, 0.6) is 23.0 Å². The summed E-state index contributed by atoms with van der Waals surface area (Å²) in [4.78, 5) is 30.0. The number of amides is 2. The Bertz CT molecular complexity index is 4340. The Morgan fingerprint density at radius 1 is 0.562 bits per heavy atom. The van der Waals surface area contributed by atoms with E-state index in [1.165, 1.54) is 39.2 Å². The van der Waals surface area contributed by atoms with Crippen LogP contribution < -0.4 is 36.1 Å². The lowest BCUT2D eigenvalue weighted by atomic mass is 9.74. The molecule has 0 unspecified atom stereocenters. The van der Waals surface area contributed by atoms with Crippen molar-refractivity contribution in [1.82, 2.24) is 14.1 Å². The van der Waals surface area contributed by atoms with Gasteiger partial charge in [-0.1, -0.05) is 141 Å². The number of furan rings is 1. The fourth-order valence-electron chi connectivity index (χ4n) is 13.7. The number of hydrogen-bond donors (Lipinski definition) is 3. The minimum Gasteiger partial charge on any atom is -0.492 e. The standard InChI is InChI=1S/C30H32N2O3.C29H30N2O3.C19H20Cl2N2O3S/c1-29(2,3)23-8-4-21(5-9-23)6-10-24-11-13-27(35-24)28(33)32-16-14-30(15-17-32)20-34-26-12-7-22(19-31)18-25(26)30;30-19-24-9-11-27-26(18-24)29(21-34-27)13-15-31(16-14-29)28(32)12-10-22-7-4-8-25(17-22)33-20-23-5-2-1-3-6-23;20-16-3-2-14(10-17(16)21)27(24,25)23-7-5-19(6-8-23)12-26-18-4-1-13(11-22)9-15(18)19/h4-5,7-9,11-13,18H,14-17,19-20,31H2,1-3H3;1-12,17-18H,13-16,19-21,30H2;1-4,9-10H,5-8,11-12,22H2/b;12-10+;. The summed E-state index contributed by atoms with van der Waals surface area (Å²) in [6, 6.07) is 52.6. The molecule has 0 radical (unpaired) electrons. The summed E-state index contributed by atoms with van der Waals surface area (Å²) in [6.45, 7) is 14.2. The zero-order valence-corrected chi connectivity index (χ0v) is 56.9. The van der Waals surface area contributed by atoms with Crippen molar-refractivity contribution in [3.8, 4) is 34.8 Å². The van der Waals surface area contributed by atoms with Crippen molar-refractivity contribution in [2.24, 2.45) is 17.2 Å². The van der Waals surface area contributed by atoms with Gasteiger partial charge >= 0.3 is 0 Å². The number of halogens is 2. The maximum absolute atomic E-state index is 13.1. The third kappa shape index (κ3) is 14.8. The number of nitrogens with two attached hydrogens (primary N) is 3. The SMILES string of the molecule is CC(C)(C)c1ccc(C#Cc2ccc(C(=O)N3CCC4(CC3)COc3ccc(CN)cc34)o2)cc1.NCc1ccc2c(c1)C1(CCN(C(=O)/C=C/c3cccc(OCc4ccccc4)c3)CC1)CO2.NCc1ccc2c(c1)C1(CCN(S(=O)(=O)c3ccc(Cl)c(Cl)c3)CC1)CO2. The fourth-order valence-corrected chi connectivity index (χ4v) is 15.5. The highest BCUT2D eigenvalue weighted by Crippen LogP contribution is 2.49. The quantitative estimate of drug-likeness (QED) is 0.0817. The van der Waals surface area contributed by atoms with Gasteiger partial charge in [0.05, 0.1) is 34.8 Å². The molecule has 0 bridgehead atoms. The van der Waals surface area contributed by atoms with E-state index < -0.39 is 10.0 Å². The van der Waals surface area contributed by atoms with E-state index in [-0.39, 0.29) is 43.4 Å². The number of sulfonamides is 1. The molecule has 498 valence electrons. The van der Waals surface area contributed by atoms with Crippen molar-refractivity contribution >= 4 is 51.1 Å². The largest absolute Gasteiger partial charge is 0.492 e. The molecular weight excluding hydrogens is 1270 g/mol. The zero-order valence-electron chi connectivity index (χ0n) is 54.6. The van der Waals surface area contributed by atoms with Gasteiger partial charge in [-0.2, -0.15) is 4.31 Å². The van der Waals surface area contributed by atoms with Crippen LogP contribution in [0.1, 0.15) is 131 Å². The van der Waals surface area contributed by atoms with Gasteiger partial charge in [0.1, 0.15) is 29.6 Å². The molecule has 6 N–H and O–H groups in total. The number of hydrogen-bond acceptors (Lipinski definition) is 12. The van der Waals surface area contributed by atoms with E-state index in [0.29, 0.717) is 102 Å². The van der Waals surface area contributed by atoms with Crippen molar-refractivity contribution < 1.29 is 41.4 Å². The van der Waals surface area contributed by atoms with Crippen LogP contribution >= 0.6 is 23.2 Å². The minimum atomic E-state index is -3.61. The molecule has 1 aromatic heterocycles. The summed E-state index contributed by atoms with van der Waals surface area (Å²) in [5.74, 6) is 10.5. The minimum absolute atomic E-state index is 0.00850. The molecule has 7 aromatic carbocycles. The van der Waals surface area contributed by atoms with Gasteiger partial charge in [-0.15, -0.1) is 0 Å². The van der Waals surface area contributed by atoms with Crippen LogP contribution in [-0.4, -0.2) is 93.4 Å². The van der Waals surface area contributed by atoms with Crippen LogP contribution in [0.3, 0.4) is 0 Å². The first-order chi connectivity index (χ1) is 46.3. The molecule has 2 amide bonds. The van der Waals surface area contributed by atoms with E-state index >= 15 is 0 Å². The predicted molar refractivity (Wildman–Crippen MR) is 376 cm³/mol. The van der Waals surface area contributed by atoms with Gasteiger partial charge in [-0.05, 0) is 162 Å². The number of fused-ring (bicyclic) bond motifs is 6. The van der Waals surface area contributed by atoms with Crippen molar-refractivity contribution in [3.05, 3.63) is 247 Å². The van der Waals surface area contributed by atoms with E-state index in [9.17, 15) is 18.0 Å². The fraction of sp³-hybridized carbons (Fsp3) is 0.333. The summed E-state index contributed by atoms with van der Waals surface area (Å²) >= 11 is 11.9. The lowest BCUT2D eigenvalue weighted by Gasteiger charge is -2.38. The third-order valence-electron chi connectivity index (χ3n) is 19.7. The van der Waals surface area contributed by atoms with E-state index in [0.717, 1.165) is 101 Å². The van der Waals surface area contributed by atoms with E-state index in [1.807, 2.05) is 119 Å². The highest BCUT2D eigenvalue weighted by Gasteiger charge is 2.47. The topological polar surface area (TPSA) is 206 Å². The Kier molecular flexibility index (Phi) is 20.2. The van der Waals surface area contributed by atoms with Gasteiger partial charge in [-0.3, -0.25) is 9.59 Å². The molecule has 0 atom stereocenters. The van der Waals surface area contributed by atoms with E-state index in [1.54, 1.807) is 18.2 Å². The van der Waals surface area contributed by atoms with Crippen LogP contribution in [0, 0.1) is 11.8 Å². The number of nitrogens with zero attached hydrogens (tertiary/aromatic N) is 3. The number of likely N-dealkylation sites (tertiary alicyclic amines) is 2. The van der Waals surface area contributed by atoms with Crippen molar-refractivity contribution in [3.63, 3.8) is 0 Å². The molecule has 0 aliphatic carbocycles. The molecule has 3 fully saturated rings. The summed E-state index contributed by atoms with van der Waals surface area (Å²) in [5.41, 5.74) is 28.6. The molecule has 3 spiro atoms. The van der Waals surface area contributed by atoms with Gasteiger partial charge in [0.2, 0.25) is 15.9 Å². The summed E-state index contributed by atoms with van der Waals surface area (Å²) in [6.07, 6.45) is 8.45. The molecule has 6 aliphatic rings. The predicted octanol–water partition coefficient (Wildman–Crippen LogP) is 13.3. The third-order valence-corrected chi connectivity index (χ3v) is 22.4. The van der Waals surface area contributed by atoms with Crippen LogP contribution in [-0.2, 0) is 62.7 Å². The smallest absolute Gasteiger partial charge is 0.289 e. The second-order valence-electron chi connectivity index (χ2n) is 26.8. The van der Waals surface area contributed by atoms with Crippen LogP contribution in [0.25, 0.3) is 6.08 Å². The lowest BCUT2D eigenvalue weighted by Crippen LogP contribution is -2.46. The maximum atomic E-state index is 13.1. The maximum Gasteiger partial charge on any atom is 0.289 e. The number of piperidine rings is 3. The van der Waals surface area contributed by atoms with Gasteiger partial charge in [0.15, 0.2) is 11.5 Å². The highest BCUT2D eigenvalue weighted by atomic mass is 35.5. The number of carbonyl (C=O) groups is 2. The van der Waals surface area contributed by atoms with Gasteiger partial charge < -0.3 is 50.4 Å². The molecule has 3 saturated heterocycles. The average molecular weight is 1350 g/mol. The summed E-state index contributed by atoms with van der Waals surface area (Å²) in [7, 11) is -3.61. The molecule has 14 rings (SSSR count). The van der Waals surface area contributed by atoms with Crippen molar-refractivity contribution in [2.45, 2.75) is 112 Å². The molecule has 18 heteroatoms. The van der Waals surface area contributed by atoms with Gasteiger partial charge in [0, 0.05) is 103 Å². The Morgan fingerprint density at radius 3 is 1.61 bits per heavy atom. The second kappa shape index (κ2) is 28.8. The monoisotopic (exact) mass is 1350 g/mol. The van der Waals surface area contributed by atoms with Crippen LogP contribution in [0.15, 0.2) is 179 Å². The summed E-state index contributed by atoms with van der Waals surface area (Å²) in [5, 5.41) is 0.572. The lowest BCUT2D eigenvalue weighted by molar-refractivity contribution is -0.127. The molecule has 15 nitrogen and oxygen atoms in total. The van der Waals surface area contributed by atoms with Gasteiger partial charge in [0.25, 0.3) is 5.91 Å². The van der Waals surface area contributed by atoms with Crippen molar-refractivity contribution in [2.75, 3.05) is 59.1 Å². The average Bonchev–Trinajstić information content (AvgIpc) is 1.58. The van der Waals surface area contributed by atoms with Gasteiger partial charge in [-0.25, -0.2) is 8.42 Å². The Balaban J connectivity index is 0.000000139. The normalized spacial score (nSPS) is 17.2. The Hall–Kier alpha value is -8.37. The number of rotatable bonds is 11. The molecular formula is C78H82Cl2N6O9S.